The summed E-state index contributed by atoms with van der Waals surface area (Å²) in [7, 11) is -3.16. The highest BCUT2D eigenvalue weighted by atomic mass is 32.2. The molecule has 0 aliphatic carbocycles. The zero-order chi connectivity index (χ0) is 17.7. The molecule has 1 atom stereocenters. The third-order valence-corrected chi connectivity index (χ3v) is 5.51. The summed E-state index contributed by atoms with van der Waals surface area (Å²) in [5, 5.41) is 10.4. The molecule has 2 N–H and O–H groups in total. The summed E-state index contributed by atoms with van der Waals surface area (Å²) in [6, 6.07) is -0.0251. The van der Waals surface area contributed by atoms with E-state index < -0.39 is 10.0 Å². The van der Waals surface area contributed by atoms with Gasteiger partial charge in [-0.05, 0) is 33.6 Å². The van der Waals surface area contributed by atoms with E-state index in [1.807, 2.05) is 20.8 Å². The summed E-state index contributed by atoms with van der Waals surface area (Å²) in [6.45, 7) is 8.09. The lowest BCUT2D eigenvalue weighted by atomic mass is 10.2. The van der Waals surface area contributed by atoms with Gasteiger partial charge in [0.2, 0.25) is 10.0 Å². The molecule has 0 saturated carbocycles. The van der Waals surface area contributed by atoms with Gasteiger partial charge in [0.25, 0.3) is 0 Å². The molecule has 1 aromatic rings. The molecule has 0 bridgehead atoms. The SMILES string of the molecule is CCNC(=NCc1c(C)noc1C)NC[C@H]1CCCN1S(C)(=O)=O. The lowest BCUT2D eigenvalue weighted by Gasteiger charge is -2.23. The van der Waals surface area contributed by atoms with Gasteiger partial charge in [-0.1, -0.05) is 5.16 Å². The third-order valence-electron chi connectivity index (χ3n) is 4.17. The average molecular weight is 357 g/mol. The molecule has 1 aromatic heterocycles. The van der Waals surface area contributed by atoms with E-state index in [-0.39, 0.29) is 6.04 Å². The van der Waals surface area contributed by atoms with Gasteiger partial charge < -0.3 is 15.2 Å². The van der Waals surface area contributed by atoms with E-state index in [9.17, 15) is 8.42 Å². The Balaban J connectivity index is 1.99. The molecule has 1 saturated heterocycles. The molecule has 24 heavy (non-hydrogen) atoms. The Morgan fingerprint density at radius 3 is 2.75 bits per heavy atom. The molecule has 0 amide bonds. The van der Waals surface area contributed by atoms with Crippen LogP contribution in [0.25, 0.3) is 0 Å². The van der Waals surface area contributed by atoms with E-state index in [1.54, 1.807) is 4.31 Å². The van der Waals surface area contributed by atoms with Gasteiger partial charge in [-0.2, -0.15) is 4.31 Å². The van der Waals surface area contributed by atoms with Crippen LogP contribution < -0.4 is 10.6 Å². The highest BCUT2D eigenvalue weighted by Gasteiger charge is 2.31. The molecule has 1 fully saturated rings. The Hall–Kier alpha value is -1.61. The van der Waals surface area contributed by atoms with Crippen molar-refractivity contribution in [3.63, 3.8) is 0 Å². The summed E-state index contributed by atoms with van der Waals surface area (Å²) < 4.78 is 30.3. The first-order valence-corrected chi connectivity index (χ1v) is 10.1. The van der Waals surface area contributed by atoms with Gasteiger partial charge in [0, 0.05) is 31.2 Å². The number of sulfonamides is 1. The number of nitrogens with one attached hydrogen (secondary N) is 2. The molecule has 2 rings (SSSR count). The zero-order valence-corrected chi connectivity index (χ0v) is 15.6. The lowest BCUT2D eigenvalue weighted by molar-refractivity contribution is 0.387. The van der Waals surface area contributed by atoms with E-state index in [2.05, 4.69) is 20.8 Å². The summed E-state index contributed by atoms with van der Waals surface area (Å²) in [6.07, 6.45) is 3.03. The van der Waals surface area contributed by atoms with Crippen LogP contribution >= 0.6 is 0 Å². The lowest BCUT2D eigenvalue weighted by Crippen LogP contribution is -2.46. The van der Waals surface area contributed by atoms with Gasteiger partial charge in [-0.3, -0.25) is 0 Å². The Morgan fingerprint density at radius 2 is 2.17 bits per heavy atom. The van der Waals surface area contributed by atoms with Crippen LogP contribution in [0.4, 0.5) is 0 Å². The van der Waals surface area contributed by atoms with Crippen LogP contribution in [0.2, 0.25) is 0 Å². The monoisotopic (exact) mass is 357 g/mol. The van der Waals surface area contributed by atoms with Crippen LogP contribution in [0.1, 0.15) is 36.8 Å². The molecule has 0 aromatic carbocycles. The minimum Gasteiger partial charge on any atom is -0.361 e. The highest BCUT2D eigenvalue weighted by molar-refractivity contribution is 7.88. The Labute approximate surface area is 143 Å². The van der Waals surface area contributed by atoms with Crippen molar-refractivity contribution < 1.29 is 12.9 Å². The molecule has 0 radical (unpaired) electrons. The fraction of sp³-hybridized carbons (Fsp3) is 0.733. The van der Waals surface area contributed by atoms with Gasteiger partial charge in [-0.15, -0.1) is 0 Å². The fourth-order valence-corrected chi connectivity index (χ4v) is 4.07. The molecule has 1 aliphatic rings. The van der Waals surface area contributed by atoms with Crippen molar-refractivity contribution in [3.05, 3.63) is 17.0 Å². The number of aryl methyl sites for hydroxylation is 2. The van der Waals surface area contributed by atoms with Gasteiger partial charge in [0.1, 0.15) is 5.76 Å². The Bertz CT molecular complexity index is 664. The largest absolute Gasteiger partial charge is 0.361 e. The van der Waals surface area contributed by atoms with Gasteiger partial charge in [0.05, 0.1) is 18.5 Å². The van der Waals surface area contributed by atoms with Crippen LogP contribution in [0.15, 0.2) is 9.52 Å². The minimum absolute atomic E-state index is 0.0251. The number of hydrogen-bond donors (Lipinski definition) is 2. The average Bonchev–Trinajstić information content (AvgIpc) is 3.10. The van der Waals surface area contributed by atoms with Crippen LogP contribution in [-0.4, -0.2) is 55.8 Å². The topological polar surface area (TPSA) is 99.8 Å². The molecule has 9 heteroatoms. The second-order valence-corrected chi connectivity index (χ2v) is 7.98. The van der Waals surface area contributed by atoms with E-state index in [1.165, 1.54) is 6.26 Å². The van der Waals surface area contributed by atoms with E-state index in [0.717, 1.165) is 36.4 Å². The van der Waals surface area contributed by atoms with Crippen molar-refractivity contribution in [2.75, 3.05) is 25.9 Å². The maximum Gasteiger partial charge on any atom is 0.211 e. The van der Waals surface area contributed by atoms with Gasteiger partial charge in [-0.25, -0.2) is 13.4 Å². The van der Waals surface area contributed by atoms with Crippen molar-refractivity contribution in [3.8, 4) is 0 Å². The first-order chi connectivity index (χ1) is 11.3. The number of rotatable bonds is 6. The smallest absolute Gasteiger partial charge is 0.211 e. The van der Waals surface area contributed by atoms with Crippen molar-refractivity contribution in [1.82, 2.24) is 20.1 Å². The maximum absolute atomic E-state index is 11.8. The second-order valence-electron chi connectivity index (χ2n) is 6.05. The Morgan fingerprint density at radius 1 is 1.42 bits per heavy atom. The normalized spacial score (nSPS) is 19.7. The molecule has 136 valence electrons. The molecule has 8 nitrogen and oxygen atoms in total. The fourth-order valence-electron chi connectivity index (χ4n) is 2.89. The molecule has 2 heterocycles. The summed E-state index contributed by atoms with van der Waals surface area (Å²) in [5.41, 5.74) is 1.82. The van der Waals surface area contributed by atoms with Crippen LogP contribution in [-0.2, 0) is 16.6 Å². The standard InChI is InChI=1S/C15H27N5O3S/c1-5-16-15(18-10-14-11(2)19-23-12(14)3)17-9-13-7-6-8-20(13)24(4,21)22/h13H,5-10H2,1-4H3,(H2,16,17,18)/t13-/m1/s1. The number of guanidine groups is 1. The molecular formula is C15H27N5O3S. The van der Waals surface area contributed by atoms with E-state index in [0.29, 0.717) is 25.6 Å². The maximum atomic E-state index is 11.8. The highest BCUT2D eigenvalue weighted by Crippen LogP contribution is 2.19. The first-order valence-electron chi connectivity index (χ1n) is 8.23. The quantitative estimate of drug-likeness (QED) is 0.576. The van der Waals surface area contributed by atoms with Crippen molar-refractivity contribution >= 4 is 16.0 Å². The van der Waals surface area contributed by atoms with Gasteiger partial charge in [0.15, 0.2) is 5.96 Å². The zero-order valence-electron chi connectivity index (χ0n) is 14.8. The minimum atomic E-state index is -3.16. The molecule has 1 aliphatic heterocycles. The van der Waals surface area contributed by atoms with E-state index >= 15 is 0 Å². The van der Waals surface area contributed by atoms with Crippen molar-refractivity contribution in [2.24, 2.45) is 4.99 Å². The Kier molecular flexibility index (Phi) is 6.22. The van der Waals surface area contributed by atoms with Crippen LogP contribution in [0, 0.1) is 13.8 Å². The summed E-state index contributed by atoms with van der Waals surface area (Å²) >= 11 is 0. The summed E-state index contributed by atoms with van der Waals surface area (Å²) in [5.74, 6) is 1.43. The third kappa shape index (κ3) is 4.70. The summed E-state index contributed by atoms with van der Waals surface area (Å²) in [4.78, 5) is 4.55. The van der Waals surface area contributed by atoms with Crippen LogP contribution in [0.5, 0.6) is 0 Å². The first kappa shape index (κ1) is 18.7. The number of aliphatic imine (C=N–C) groups is 1. The van der Waals surface area contributed by atoms with Crippen molar-refractivity contribution in [2.45, 2.75) is 46.2 Å². The molecular weight excluding hydrogens is 330 g/mol. The predicted octanol–water partition coefficient (Wildman–Crippen LogP) is 0.771. The number of nitrogens with zero attached hydrogens (tertiary/aromatic N) is 3. The second kappa shape index (κ2) is 7.98. The number of hydrogen-bond acceptors (Lipinski definition) is 5. The number of aromatic nitrogens is 1. The molecule has 0 spiro atoms. The molecule has 0 unspecified atom stereocenters. The van der Waals surface area contributed by atoms with Crippen LogP contribution in [0.3, 0.4) is 0 Å². The van der Waals surface area contributed by atoms with Gasteiger partial charge >= 0.3 is 0 Å². The van der Waals surface area contributed by atoms with Crippen molar-refractivity contribution in [1.29, 1.82) is 0 Å². The van der Waals surface area contributed by atoms with E-state index in [4.69, 9.17) is 4.52 Å². The predicted molar refractivity (Wildman–Crippen MR) is 93.4 cm³/mol.